The minimum absolute atomic E-state index is 0.0256. The molecule has 0 saturated carbocycles. The molecule has 142 valence electrons. The summed E-state index contributed by atoms with van der Waals surface area (Å²) >= 11 is 0. The Balaban J connectivity index is 1.91. The summed E-state index contributed by atoms with van der Waals surface area (Å²) in [6.45, 7) is 3.59. The Hall–Kier alpha value is -2.36. The Bertz CT molecular complexity index is 866. The van der Waals surface area contributed by atoms with Gasteiger partial charge < -0.3 is 14.4 Å². The van der Waals surface area contributed by atoms with E-state index in [1.165, 1.54) is 18.8 Å². The number of hydrogen-bond acceptors (Lipinski definition) is 7. The lowest BCUT2D eigenvalue weighted by Gasteiger charge is -2.28. The number of anilines is 3. The molecule has 0 bridgehead atoms. The third-order valence-corrected chi connectivity index (χ3v) is 5.66. The first-order valence-corrected chi connectivity index (χ1v) is 10.1. The monoisotopic (exact) mass is 379 g/mol. The number of piperidine rings is 1. The lowest BCUT2D eigenvalue weighted by atomic mass is 10.1. The molecule has 1 aliphatic heterocycles. The lowest BCUT2D eigenvalue weighted by molar-refractivity contribution is 0.568. The number of nitrogens with one attached hydrogen (secondary N) is 1. The van der Waals surface area contributed by atoms with E-state index in [1.54, 1.807) is 23.4 Å². The van der Waals surface area contributed by atoms with Gasteiger partial charge in [0.15, 0.2) is 10.8 Å². The van der Waals surface area contributed by atoms with Gasteiger partial charge in [-0.05, 0) is 26.2 Å². The highest BCUT2D eigenvalue weighted by Gasteiger charge is 2.23. The van der Waals surface area contributed by atoms with Crippen LogP contribution in [0.1, 0.15) is 25.1 Å². The highest BCUT2D eigenvalue weighted by Crippen LogP contribution is 2.27. The van der Waals surface area contributed by atoms with E-state index in [2.05, 4.69) is 24.6 Å². The molecule has 1 saturated heterocycles. The topological polar surface area (TPSA) is 96.2 Å². The summed E-state index contributed by atoms with van der Waals surface area (Å²) in [5.74, 6) is 1.77. The van der Waals surface area contributed by atoms with Gasteiger partial charge in [-0.3, -0.25) is 4.72 Å². The van der Waals surface area contributed by atoms with Crippen LogP contribution in [0.3, 0.4) is 0 Å². The van der Waals surface area contributed by atoms with Crippen molar-refractivity contribution in [3.05, 3.63) is 18.2 Å². The molecule has 1 fully saturated rings. The number of aromatic nitrogens is 4. The fourth-order valence-electron chi connectivity index (χ4n) is 2.88. The summed E-state index contributed by atoms with van der Waals surface area (Å²) in [6, 6.07) is 0. The van der Waals surface area contributed by atoms with Crippen molar-refractivity contribution in [1.29, 1.82) is 0 Å². The highest BCUT2D eigenvalue weighted by molar-refractivity contribution is 7.92. The first-order valence-electron chi connectivity index (χ1n) is 8.60. The van der Waals surface area contributed by atoms with Gasteiger partial charge in [0, 0.05) is 40.4 Å². The second-order valence-corrected chi connectivity index (χ2v) is 8.32. The van der Waals surface area contributed by atoms with Gasteiger partial charge in [0.25, 0.3) is 10.0 Å². The Morgan fingerprint density at radius 2 is 1.85 bits per heavy atom. The molecule has 1 N–H and O–H groups in total. The zero-order valence-electron chi connectivity index (χ0n) is 15.6. The van der Waals surface area contributed by atoms with Gasteiger partial charge in [0.05, 0.1) is 6.20 Å². The van der Waals surface area contributed by atoms with Crippen molar-refractivity contribution < 1.29 is 8.42 Å². The van der Waals surface area contributed by atoms with Crippen LogP contribution in [0.25, 0.3) is 0 Å². The number of imidazole rings is 1. The van der Waals surface area contributed by atoms with Crippen molar-refractivity contribution in [2.45, 2.75) is 31.2 Å². The molecular formula is C16H25N7O2S. The molecule has 3 rings (SSSR count). The maximum absolute atomic E-state index is 12.7. The molecule has 10 heteroatoms. The molecule has 0 aromatic carbocycles. The molecule has 0 radical (unpaired) electrons. The van der Waals surface area contributed by atoms with Crippen molar-refractivity contribution in [3.8, 4) is 0 Å². The second-order valence-electron chi connectivity index (χ2n) is 6.69. The van der Waals surface area contributed by atoms with E-state index in [4.69, 9.17) is 0 Å². The van der Waals surface area contributed by atoms with Crippen LogP contribution in [0, 0.1) is 6.92 Å². The highest BCUT2D eigenvalue weighted by atomic mass is 32.2. The molecule has 0 amide bonds. The quantitative estimate of drug-likeness (QED) is 0.838. The largest absolute Gasteiger partial charge is 0.361 e. The molecule has 2 aromatic rings. The van der Waals surface area contributed by atoms with Gasteiger partial charge in [-0.2, -0.15) is 13.4 Å². The summed E-state index contributed by atoms with van der Waals surface area (Å²) in [5.41, 5.74) is 0.332. The van der Waals surface area contributed by atoms with E-state index >= 15 is 0 Å². The standard InChI is InChI=1S/C16H25N7O2S/c1-12-18-14(11-22(12)4)26(24,25)20-13-10-17-16(19-15(13)21(2)3)23-8-6-5-7-9-23/h10-11,20H,5-9H2,1-4H3. The third-order valence-electron chi connectivity index (χ3n) is 4.42. The predicted octanol–water partition coefficient (Wildman–Crippen LogP) is 1.38. The Labute approximate surface area is 154 Å². The average molecular weight is 379 g/mol. The van der Waals surface area contributed by atoms with Crippen LogP contribution >= 0.6 is 0 Å². The summed E-state index contributed by atoms with van der Waals surface area (Å²) in [6.07, 6.45) is 6.47. The molecule has 1 aliphatic rings. The van der Waals surface area contributed by atoms with Gasteiger partial charge in [-0.1, -0.05) is 0 Å². The SMILES string of the molecule is Cc1nc(S(=O)(=O)Nc2cnc(N3CCCCC3)nc2N(C)C)cn1C. The molecular weight excluding hydrogens is 354 g/mol. The van der Waals surface area contributed by atoms with E-state index in [-0.39, 0.29) is 5.03 Å². The zero-order valence-corrected chi connectivity index (χ0v) is 16.4. The third kappa shape index (κ3) is 3.74. The summed E-state index contributed by atoms with van der Waals surface area (Å²) in [7, 11) is 1.59. The Kier molecular flexibility index (Phi) is 5.03. The van der Waals surface area contributed by atoms with Crippen molar-refractivity contribution in [1.82, 2.24) is 19.5 Å². The van der Waals surface area contributed by atoms with Gasteiger partial charge >= 0.3 is 0 Å². The molecule has 0 atom stereocenters. The molecule has 0 unspecified atom stereocenters. The first-order chi connectivity index (χ1) is 12.3. The van der Waals surface area contributed by atoms with Gasteiger partial charge in [0.2, 0.25) is 5.95 Å². The Morgan fingerprint density at radius 1 is 1.15 bits per heavy atom. The van der Waals surface area contributed by atoms with Gasteiger partial charge in [-0.25, -0.2) is 9.97 Å². The molecule has 3 heterocycles. The molecule has 2 aromatic heterocycles. The van der Waals surface area contributed by atoms with Crippen molar-refractivity contribution >= 4 is 27.5 Å². The van der Waals surface area contributed by atoms with Crippen LogP contribution < -0.4 is 14.5 Å². The summed E-state index contributed by atoms with van der Waals surface area (Å²) in [5, 5.41) is -0.0256. The number of sulfonamides is 1. The lowest BCUT2D eigenvalue weighted by Crippen LogP contribution is -2.31. The fraction of sp³-hybridized carbons (Fsp3) is 0.562. The van der Waals surface area contributed by atoms with E-state index in [0.29, 0.717) is 23.3 Å². The van der Waals surface area contributed by atoms with Gasteiger partial charge in [-0.15, -0.1) is 0 Å². The zero-order chi connectivity index (χ0) is 18.9. The van der Waals surface area contributed by atoms with Crippen LogP contribution in [-0.2, 0) is 17.1 Å². The Morgan fingerprint density at radius 3 is 2.42 bits per heavy atom. The van der Waals surface area contributed by atoms with Crippen LogP contribution in [-0.4, -0.2) is 55.1 Å². The van der Waals surface area contributed by atoms with E-state index in [1.807, 2.05) is 14.1 Å². The van der Waals surface area contributed by atoms with Crippen molar-refractivity contribution in [3.63, 3.8) is 0 Å². The minimum atomic E-state index is -3.81. The maximum atomic E-state index is 12.7. The molecule has 0 aliphatic carbocycles. The number of hydrogen-bond donors (Lipinski definition) is 1. The van der Waals surface area contributed by atoms with E-state index < -0.39 is 10.0 Å². The second kappa shape index (κ2) is 7.10. The van der Waals surface area contributed by atoms with Crippen molar-refractivity contribution in [2.75, 3.05) is 41.7 Å². The minimum Gasteiger partial charge on any atom is -0.361 e. The van der Waals surface area contributed by atoms with Crippen LogP contribution in [0.2, 0.25) is 0 Å². The number of nitrogens with zero attached hydrogens (tertiary/aromatic N) is 6. The van der Waals surface area contributed by atoms with Crippen LogP contribution in [0.4, 0.5) is 17.5 Å². The van der Waals surface area contributed by atoms with E-state index in [9.17, 15) is 8.42 Å². The maximum Gasteiger partial charge on any atom is 0.281 e. The summed E-state index contributed by atoms with van der Waals surface area (Å²) < 4.78 is 29.5. The molecule has 9 nitrogen and oxygen atoms in total. The van der Waals surface area contributed by atoms with E-state index in [0.717, 1.165) is 25.9 Å². The molecule has 0 spiro atoms. The fourth-order valence-corrected chi connectivity index (χ4v) is 3.96. The number of aryl methyl sites for hydroxylation is 2. The normalized spacial score (nSPS) is 15.2. The van der Waals surface area contributed by atoms with Crippen LogP contribution in [0.15, 0.2) is 17.4 Å². The first kappa shape index (κ1) is 18.4. The van der Waals surface area contributed by atoms with Crippen molar-refractivity contribution in [2.24, 2.45) is 7.05 Å². The average Bonchev–Trinajstić information content (AvgIpc) is 2.95. The smallest absolute Gasteiger partial charge is 0.281 e. The predicted molar refractivity (Wildman–Crippen MR) is 101 cm³/mol. The molecule has 26 heavy (non-hydrogen) atoms. The van der Waals surface area contributed by atoms with Gasteiger partial charge in [0.1, 0.15) is 11.5 Å². The van der Waals surface area contributed by atoms with Crippen LogP contribution in [0.5, 0.6) is 0 Å². The summed E-state index contributed by atoms with van der Waals surface area (Å²) in [4.78, 5) is 17.0. The number of rotatable bonds is 5.